The van der Waals surface area contributed by atoms with E-state index in [2.05, 4.69) is 4.72 Å². The number of nitro groups is 1. The molecule has 23 heavy (non-hydrogen) atoms. The lowest BCUT2D eigenvalue weighted by molar-refractivity contribution is -0.384. The molecule has 0 unspecified atom stereocenters. The number of nitro benzene ring substituents is 1. The predicted molar refractivity (Wildman–Crippen MR) is 87.9 cm³/mol. The molecule has 0 aliphatic carbocycles. The van der Waals surface area contributed by atoms with Crippen molar-refractivity contribution in [1.29, 1.82) is 0 Å². The summed E-state index contributed by atoms with van der Waals surface area (Å²) < 4.78 is 27.4. The Morgan fingerprint density at radius 3 is 2.17 bits per heavy atom. The summed E-state index contributed by atoms with van der Waals surface area (Å²) in [7, 11) is -3.78. The third-order valence-corrected chi connectivity index (χ3v) is 5.08. The molecule has 0 radical (unpaired) electrons. The Bertz CT molecular complexity index is 789. The van der Waals surface area contributed by atoms with Crippen LogP contribution in [-0.2, 0) is 10.0 Å². The summed E-state index contributed by atoms with van der Waals surface area (Å²) in [4.78, 5) is 10.0. The van der Waals surface area contributed by atoms with Gasteiger partial charge in [-0.1, -0.05) is 30.7 Å². The summed E-state index contributed by atoms with van der Waals surface area (Å²) >= 11 is 5.84. The van der Waals surface area contributed by atoms with Crippen molar-refractivity contribution >= 4 is 27.3 Å². The Morgan fingerprint density at radius 1 is 1.13 bits per heavy atom. The molecule has 1 N–H and O–H groups in total. The van der Waals surface area contributed by atoms with Crippen LogP contribution in [0, 0.1) is 10.1 Å². The third-order valence-electron chi connectivity index (χ3n) is 3.34. The average Bonchev–Trinajstić information content (AvgIpc) is 2.53. The molecule has 6 nitrogen and oxygen atoms in total. The SMILES string of the molecule is CC[C@@H](NS(=O)(=O)c1ccc([N+](=O)[O-])cc1)c1ccc(Cl)cc1. The molecule has 0 saturated heterocycles. The Morgan fingerprint density at radius 2 is 1.70 bits per heavy atom. The van der Waals surface area contributed by atoms with E-state index in [-0.39, 0.29) is 10.6 Å². The predicted octanol–water partition coefficient (Wildman–Crippen LogP) is 3.68. The van der Waals surface area contributed by atoms with Gasteiger partial charge in [-0.25, -0.2) is 13.1 Å². The van der Waals surface area contributed by atoms with Crippen LogP contribution in [0.3, 0.4) is 0 Å². The first-order valence-electron chi connectivity index (χ1n) is 6.85. The van der Waals surface area contributed by atoms with E-state index in [9.17, 15) is 18.5 Å². The molecule has 2 aromatic carbocycles. The van der Waals surface area contributed by atoms with E-state index in [1.165, 1.54) is 12.1 Å². The second kappa shape index (κ2) is 7.08. The Labute approximate surface area is 139 Å². The van der Waals surface area contributed by atoms with Crippen LogP contribution in [0.5, 0.6) is 0 Å². The lowest BCUT2D eigenvalue weighted by atomic mass is 10.1. The number of nitrogens with one attached hydrogen (secondary N) is 1. The third kappa shape index (κ3) is 4.28. The van der Waals surface area contributed by atoms with Gasteiger partial charge < -0.3 is 0 Å². The highest BCUT2D eigenvalue weighted by molar-refractivity contribution is 7.89. The maximum Gasteiger partial charge on any atom is 0.269 e. The fourth-order valence-corrected chi connectivity index (χ4v) is 3.52. The van der Waals surface area contributed by atoms with Crippen molar-refractivity contribution in [2.24, 2.45) is 0 Å². The zero-order valence-corrected chi connectivity index (χ0v) is 13.8. The van der Waals surface area contributed by atoms with Gasteiger partial charge in [-0.15, -0.1) is 0 Å². The molecule has 0 saturated carbocycles. The van der Waals surface area contributed by atoms with Crippen molar-refractivity contribution in [2.75, 3.05) is 0 Å². The first kappa shape index (κ1) is 17.4. The van der Waals surface area contributed by atoms with E-state index in [1.807, 2.05) is 6.92 Å². The zero-order valence-electron chi connectivity index (χ0n) is 12.3. The van der Waals surface area contributed by atoms with Gasteiger partial charge in [-0.2, -0.15) is 0 Å². The molecular weight excluding hydrogens is 340 g/mol. The number of sulfonamides is 1. The summed E-state index contributed by atoms with van der Waals surface area (Å²) in [5.74, 6) is 0. The smallest absolute Gasteiger partial charge is 0.258 e. The quantitative estimate of drug-likeness (QED) is 0.633. The molecule has 0 spiro atoms. The minimum absolute atomic E-state index is 0.0180. The van der Waals surface area contributed by atoms with Crippen molar-refractivity contribution in [3.63, 3.8) is 0 Å². The monoisotopic (exact) mass is 354 g/mol. The van der Waals surface area contributed by atoms with Gasteiger partial charge in [0, 0.05) is 23.2 Å². The Hall–Kier alpha value is -1.96. The molecule has 0 bridgehead atoms. The van der Waals surface area contributed by atoms with E-state index >= 15 is 0 Å². The van der Waals surface area contributed by atoms with E-state index < -0.39 is 21.0 Å². The number of rotatable bonds is 6. The number of halogens is 1. The van der Waals surface area contributed by atoms with Crippen molar-refractivity contribution < 1.29 is 13.3 Å². The fraction of sp³-hybridized carbons (Fsp3) is 0.200. The van der Waals surface area contributed by atoms with Crippen molar-refractivity contribution in [3.8, 4) is 0 Å². The standard InChI is InChI=1S/C15H15ClN2O4S/c1-2-15(11-3-5-12(16)6-4-11)17-23(21,22)14-9-7-13(8-10-14)18(19)20/h3-10,15,17H,2H2,1H3/t15-/m1/s1. The van der Waals surface area contributed by atoms with Crippen molar-refractivity contribution in [3.05, 3.63) is 69.2 Å². The van der Waals surface area contributed by atoms with Gasteiger partial charge in [0.1, 0.15) is 0 Å². The average molecular weight is 355 g/mol. The second-order valence-electron chi connectivity index (χ2n) is 4.88. The van der Waals surface area contributed by atoms with Crippen LogP contribution in [0.25, 0.3) is 0 Å². The van der Waals surface area contributed by atoms with E-state index in [4.69, 9.17) is 11.6 Å². The number of non-ortho nitro benzene ring substituents is 1. The summed E-state index contributed by atoms with van der Waals surface area (Å²) in [6.07, 6.45) is 0.549. The normalized spacial score (nSPS) is 12.8. The van der Waals surface area contributed by atoms with Crippen LogP contribution in [0.15, 0.2) is 53.4 Å². The first-order valence-corrected chi connectivity index (χ1v) is 8.72. The van der Waals surface area contributed by atoms with Gasteiger partial charge >= 0.3 is 0 Å². The maximum atomic E-state index is 12.4. The number of hydrogen-bond donors (Lipinski definition) is 1. The summed E-state index contributed by atoms with van der Waals surface area (Å²) in [6, 6.07) is 11.3. The number of benzene rings is 2. The van der Waals surface area contributed by atoms with Crippen LogP contribution in [-0.4, -0.2) is 13.3 Å². The number of nitrogens with zero attached hydrogens (tertiary/aromatic N) is 1. The molecule has 0 aliphatic heterocycles. The van der Waals surface area contributed by atoms with Crippen molar-refractivity contribution in [1.82, 2.24) is 4.72 Å². The highest BCUT2D eigenvalue weighted by Gasteiger charge is 2.21. The molecule has 1 atom stereocenters. The Balaban J connectivity index is 2.24. The van der Waals surface area contributed by atoms with Crippen LogP contribution in [0.4, 0.5) is 5.69 Å². The molecule has 0 fully saturated rings. The zero-order chi connectivity index (χ0) is 17.0. The summed E-state index contributed by atoms with van der Waals surface area (Å²) in [5.41, 5.74) is 0.635. The maximum absolute atomic E-state index is 12.4. The van der Waals surface area contributed by atoms with E-state index in [0.29, 0.717) is 11.4 Å². The van der Waals surface area contributed by atoms with Crippen LogP contribution in [0.1, 0.15) is 24.9 Å². The van der Waals surface area contributed by atoms with Crippen LogP contribution >= 0.6 is 11.6 Å². The fourth-order valence-electron chi connectivity index (χ4n) is 2.08. The molecule has 2 aromatic rings. The Kier molecular flexibility index (Phi) is 5.35. The largest absolute Gasteiger partial charge is 0.269 e. The van der Waals surface area contributed by atoms with Gasteiger partial charge in [0.05, 0.1) is 9.82 Å². The summed E-state index contributed by atoms with van der Waals surface area (Å²) in [5, 5.41) is 11.2. The lowest BCUT2D eigenvalue weighted by Gasteiger charge is -2.17. The minimum atomic E-state index is -3.78. The highest BCUT2D eigenvalue weighted by Crippen LogP contribution is 2.23. The van der Waals surface area contributed by atoms with Crippen molar-refractivity contribution in [2.45, 2.75) is 24.3 Å². The summed E-state index contributed by atoms with van der Waals surface area (Å²) in [6.45, 7) is 1.86. The van der Waals surface area contributed by atoms with E-state index in [1.54, 1.807) is 24.3 Å². The van der Waals surface area contributed by atoms with E-state index in [0.717, 1.165) is 17.7 Å². The highest BCUT2D eigenvalue weighted by atomic mass is 35.5. The van der Waals surface area contributed by atoms with Gasteiger partial charge in [-0.3, -0.25) is 10.1 Å². The van der Waals surface area contributed by atoms with Gasteiger partial charge in [0.2, 0.25) is 10.0 Å². The molecule has 122 valence electrons. The van der Waals surface area contributed by atoms with Gasteiger partial charge in [0.15, 0.2) is 0 Å². The second-order valence-corrected chi connectivity index (χ2v) is 7.04. The molecule has 2 rings (SSSR count). The molecule has 0 amide bonds. The molecule has 0 heterocycles. The lowest BCUT2D eigenvalue weighted by Crippen LogP contribution is -2.28. The van der Waals surface area contributed by atoms with Gasteiger partial charge in [0.25, 0.3) is 5.69 Å². The molecule has 0 aromatic heterocycles. The molecule has 0 aliphatic rings. The topological polar surface area (TPSA) is 89.3 Å². The van der Waals surface area contributed by atoms with Crippen LogP contribution < -0.4 is 4.72 Å². The van der Waals surface area contributed by atoms with Gasteiger partial charge in [-0.05, 0) is 36.2 Å². The minimum Gasteiger partial charge on any atom is -0.258 e. The van der Waals surface area contributed by atoms with Crippen LogP contribution in [0.2, 0.25) is 5.02 Å². The molecule has 8 heteroatoms. The number of hydrogen-bond acceptors (Lipinski definition) is 4. The molecular formula is C15H15ClN2O4S. The first-order chi connectivity index (χ1) is 10.8.